The molecular weight excluding hydrogens is 348 g/mol. The van der Waals surface area contributed by atoms with Crippen LogP contribution in [0.2, 0.25) is 0 Å². The number of fused-ring (bicyclic) bond motifs is 2. The highest BCUT2D eigenvalue weighted by Gasteiger charge is 2.35. The Morgan fingerprint density at radius 3 is 2.53 bits per heavy atom. The fourth-order valence-electron chi connectivity index (χ4n) is 3.13. The Labute approximate surface area is 126 Å². The lowest BCUT2D eigenvalue weighted by Gasteiger charge is -2.29. The maximum atomic E-state index is 12.4. The van der Waals surface area contributed by atoms with E-state index in [0.29, 0.717) is 17.0 Å². The molecule has 2 bridgehead atoms. The minimum Gasteiger partial charge on any atom is -0.311 e. The van der Waals surface area contributed by atoms with Gasteiger partial charge < -0.3 is 5.32 Å². The van der Waals surface area contributed by atoms with Gasteiger partial charge in [-0.2, -0.15) is 0 Å². The normalized spacial score (nSPS) is 30.7. The molecule has 0 aliphatic carbocycles. The summed E-state index contributed by atoms with van der Waals surface area (Å²) in [7, 11) is -3.39. The van der Waals surface area contributed by atoms with Crippen molar-refractivity contribution >= 4 is 37.3 Å². The van der Waals surface area contributed by atoms with Crippen molar-refractivity contribution in [1.82, 2.24) is 10.0 Å². The highest BCUT2D eigenvalue weighted by molar-refractivity contribution is 9.11. The number of thiophene rings is 1. The molecule has 0 aromatic carbocycles. The van der Waals surface area contributed by atoms with Crippen molar-refractivity contribution < 1.29 is 8.42 Å². The van der Waals surface area contributed by atoms with Crippen LogP contribution < -0.4 is 10.0 Å². The summed E-state index contributed by atoms with van der Waals surface area (Å²) in [5, 5.41) is 3.52. The molecule has 3 heterocycles. The van der Waals surface area contributed by atoms with E-state index in [0.717, 1.165) is 21.5 Å². The Kier molecular flexibility index (Phi) is 3.77. The second-order valence-electron chi connectivity index (χ2n) is 5.40. The van der Waals surface area contributed by atoms with Gasteiger partial charge in [-0.25, -0.2) is 13.1 Å². The molecule has 0 spiro atoms. The summed E-state index contributed by atoms with van der Waals surface area (Å²) >= 11 is 4.80. The van der Waals surface area contributed by atoms with E-state index in [9.17, 15) is 8.42 Å². The van der Waals surface area contributed by atoms with Gasteiger partial charge in [0, 0.05) is 23.0 Å². The van der Waals surface area contributed by atoms with E-state index in [4.69, 9.17) is 0 Å². The zero-order valence-corrected chi connectivity index (χ0v) is 13.9. The lowest BCUT2D eigenvalue weighted by molar-refractivity contribution is 0.345. The zero-order chi connectivity index (χ0) is 13.6. The molecule has 2 N–H and O–H groups in total. The highest BCUT2D eigenvalue weighted by Crippen LogP contribution is 2.31. The van der Waals surface area contributed by atoms with Crippen molar-refractivity contribution in [2.45, 2.75) is 55.6 Å². The van der Waals surface area contributed by atoms with Crippen molar-refractivity contribution in [1.29, 1.82) is 0 Å². The van der Waals surface area contributed by atoms with Gasteiger partial charge in [-0.05, 0) is 54.6 Å². The van der Waals surface area contributed by atoms with Crippen molar-refractivity contribution in [3.63, 3.8) is 0 Å². The van der Waals surface area contributed by atoms with Gasteiger partial charge in [0.15, 0.2) is 0 Å². The number of aryl methyl sites for hydroxylation is 1. The average molecular weight is 365 g/mol. The molecule has 2 aliphatic rings. The zero-order valence-electron chi connectivity index (χ0n) is 10.6. The van der Waals surface area contributed by atoms with E-state index in [1.54, 1.807) is 6.07 Å². The highest BCUT2D eigenvalue weighted by atomic mass is 79.9. The van der Waals surface area contributed by atoms with Crippen LogP contribution in [0.25, 0.3) is 0 Å². The fourth-order valence-corrected chi connectivity index (χ4v) is 6.81. The topological polar surface area (TPSA) is 58.2 Å². The van der Waals surface area contributed by atoms with E-state index >= 15 is 0 Å². The molecule has 4 nitrogen and oxygen atoms in total. The van der Waals surface area contributed by atoms with Crippen molar-refractivity contribution in [3.8, 4) is 0 Å². The third-order valence-electron chi connectivity index (χ3n) is 3.93. The summed E-state index contributed by atoms with van der Waals surface area (Å²) in [4.78, 5) is 1.24. The smallest absolute Gasteiger partial charge is 0.241 e. The third-order valence-corrected chi connectivity index (χ3v) is 7.26. The Hall–Kier alpha value is 0.0500. The van der Waals surface area contributed by atoms with Crippen LogP contribution in [0.15, 0.2) is 14.7 Å². The molecular formula is C12H17BrN2O2S2. The van der Waals surface area contributed by atoms with Gasteiger partial charge >= 0.3 is 0 Å². The standard InChI is InChI=1S/C12H17BrN2O2S2/c1-7-11(6-12(13)18-7)19(16,17)15-10-4-8-2-3-9(5-10)14-8/h6,8-10,14-15H,2-5H2,1H3. The summed E-state index contributed by atoms with van der Waals surface area (Å²) in [6, 6.07) is 2.74. The number of nitrogens with one attached hydrogen (secondary N) is 2. The second kappa shape index (κ2) is 5.11. The first kappa shape index (κ1) is 14.0. The maximum absolute atomic E-state index is 12.4. The van der Waals surface area contributed by atoms with E-state index in [1.165, 1.54) is 24.2 Å². The first-order valence-electron chi connectivity index (χ1n) is 6.48. The van der Waals surface area contributed by atoms with Crippen LogP contribution in [-0.2, 0) is 10.0 Å². The Morgan fingerprint density at radius 1 is 1.37 bits per heavy atom. The SMILES string of the molecule is Cc1sc(Br)cc1S(=O)(=O)NC1CC2CCC(C1)N2. The van der Waals surface area contributed by atoms with Crippen LogP contribution in [0.5, 0.6) is 0 Å². The molecule has 2 saturated heterocycles. The summed E-state index contributed by atoms with van der Waals surface area (Å²) in [5.74, 6) is 0. The van der Waals surface area contributed by atoms with Crippen molar-refractivity contribution in [2.75, 3.05) is 0 Å². The van der Waals surface area contributed by atoms with Crippen molar-refractivity contribution in [2.24, 2.45) is 0 Å². The monoisotopic (exact) mass is 364 g/mol. The van der Waals surface area contributed by atoms with Crippen LogP contribution in [-0.4, -0.2) is 26.5 Å². The van der Waals surface area contributed by atoms with Gasteiger partial charge in [0.1, 0.15) is 0 Å². The van der Waals surface area contributed by atoms with Gasteiger partial charge in [-0.1, -0.05) is 0 Å². The molecule has 3 rings (SSSR count). The van der Waals surface area contributed by atoms with E-state index in [2.05, 4.69) is 26.0 Å². The molecule has 106 valence electrons. The summed E-state index contributed by atoms with van der Waals surface area (Å²) in [6.45, 7) is 1.84. The Morgan fingerprint density at radius 2 is 2.00 bits per heavy atom. The number of hydrogen-bond donors (Lipinski definition) is 2. The molecule has 1 aromatic heterocycles. The quantitative estimate of drug-likeness (QED) is 0.865. The van der Waals surface area contributed by atoms with Crippen LogP contribution >= 0.6 is 27.3 Å². The molecule has 2 atom stereocenters. The van der Waals surface area contributed by atoms with Gasteiger partial charge in [0.2, 0.25) is 10.0 Å². The minimum atomic E-state index is -3.39. The largest absolute Gasteiger partial charge is 0.311 e. The number of rotatable bonds is 3. The molecule has 19 heavy (non-hydrogen) atoms. The number of halogens is 1. The van der Waals surface area contributed by atoms with E-state index in [1.807, 2.05) is 6.92 Å². The molecule has 7 heteroatoms. The molecule has 0 saturated carbocycles. The summed E-state index contributed by atoms with van der Waals surface area (Å²) in [5.41, 5.74) is 0. The van der Waals surface area contributed by atoms with Gasteiger partial charge in [0.25, 0.3) is 0 Å². The maximum Gasteiger partial charge on any atom is 0.241 e. The first-order chi connectivity index (χ1) is 8.94. The molecule has 0 amide bonds. The van der Waals surface area contributed by atoms with Crippen LogP contribution in [0.1, 0.15) is 30.6 Å². The minimum absolute atomic E-state index is 0.0711. The van der Waals surface area contributed by atoms with E-state index in [-0.39, 0.29) is 6.04 Å². The summed E-state index contributed by atoms with van der Waals surface area (Å²) in [6.07, 6.45) is 4.15. The molecule has 2 aliphatic heterocycles. The predicted octanol–water partition coefficient (Wildman–Crippen LogP) is 2.38. The van der Waals surface area contributed by atoms with Gasteiger partial charge in [0.05, 0.1) is 8.68 Å². The van der Waals surface area contributed by atoms with Crippen LogP contribution in [0.3, 0.4) is 0 Å². The number of piperidine rings is 1. The lowest BCUT2D eigenvalue weighted by Crippen LogP contribution is -2.47. The predicted molar refractivity (Wildman–Crippen MR) is 80.0 cm³/mol. The molecule has 1 aromatic rings. The summed E-state index contributed by atoms with van der Waals surface area (Å²) < 4.78 is 28.6. The lowest BCUT2D eigenvalue weighted by atomic mass is 10.0. The second-order valence-corrected chi connectivity index (χ2v) is 9.72. The number of hydrogen-bond acceptors (Lipinski definition) is 4. The molecule has 0 radical (unpaired) electrons. The Balaban J connectivity index is 1.77. The first-order valence-corrected chi connectivity index (χ1v) is 9.57. The van der Waals surface area contributed by atoms with Gasteiger partial charge in [-0.3, -0.25) is 0 Å². The third kappa shape index (κ3) is 2.90. The van der Waals surface area contributed by atoms with Crippen LogP contribution in [0, 0.1) is 6.92 Å². The molecule has 2 unspecified atom stereocenters. The fraction of sp³-hybridized carbons (Fsp3) is 0.667. The molecule has 2 fully saturated rings. The number of sulfonamides is 1. The van der Waals surface area contributed by atoms with E-state index < -0.39 is 10.0 Å². The average Bonchev–Trinajstić information content (AvgIpc) is 2.81. The van der Waals surface area contributed by atoms with Crippen molar-refractivity contribution in [3.05, 3.63) is 14.7 Å². The Bertz CT molecular complexity index is 573. The van der Waals surface area contributed by atoms with Gasteiger partial charge in [-0.15, -0.1) is 11.3 Å². The van der Waals surface area contributed by atoms with Crippen LogP contribution in [0.4, 0.5) is 0 Å².